The molecule has 0 aliphatic carbocycles. The van der Waals surface area contributed by atoms with Crippen LogP contribution in [0.2, 0.25) is 0 Å². The predicted octanol–water partition coefficient (Wildman–Crippen LogP) is 7.29. The van der Waals surface area contributed by atoms with Crippen molar-refractivity contribution >= 4 is 37.6 Å². The lowest BCUT2D eigenvalue weighted by atomic mass is 9.94. The summed E-state index contributed by atoms with van der Waals surface area (Å²) in [7, 11) is 0. The monoisotopic (exact) mass is 485 g/mol. The maximum atomic E-state index is 10.5. The van der Waals surface area contributed by atoms with E-state index < -0.39 is 0 Å². The Balaban J connectivity index is 1.89. The molecule has 5 aromatic rings. The van der Waals surface area contributed by atoms with Crippen LogP contribution in [0.5, 0.6) is 17.2 Å². The highest BCUT2D eigenvalue weighted by atomic mass is 79.9. The van der Waals surface area contributed by atoms with Gasteiger partial charge in [-0.05, 0) is 81.2 Å². The van der Waals surface area contributed by atoms with Gasteiger partial charge in [0.2, 0.25) is 0 Å². The highest BCUT2D eigenvalue weighted by Gasteiger charge is 2.17. The van der Waals surface area contributed by atoms with E-state index in [1.54, 1.807) is 12.1 Å². The van der Waals surface area contributed by atoms with Gasteiger partial charge < -0.3 is 14.9 Å². The SMILES string of the molecule is CCOc1cc(-c2cc(-c3ccccc3O)nc3ccc4ccccc4c23)cc(Br)c1O. The smallest absolute Gasteiger partial charge is 0.172 e. The van der Waals surface area contributed by atoms with Crippen LogP contribution in [-0.4, -0.2) is 21.8 Å². The van der Waals surface area contributed by atoms with Crippen LogP contribution in [0.25, 0.3) is 44.1 Å². The molecule has 32 heavy (non-hydrogen) atoms. The van der Waals surface area contributed by atoms with Gasteiger partial charge in [0, 0.05) is 10.9 Å². The minimum atomic E-state index is 0.0692. The molecular formula is C27H20BrNO3. The Morgan fingerprint density at radius 3 is 2.47 bits per heavy atom. The summed E-state index contributed by atoms with van der Waals surface area (Å²) < 4.78 is 6.23. The van der Waals surface area contributed by atoms with Crippen LogP contribution < -0.4 is 4.74 Å². The Kier molecular flexibility index (Phi) is 5.19. The van der Waals surface area contributed by atoms with E-state index >= 15 is 0 Å². The van der Waals surface area contributed by atoms with Gasteiger partial charge in [0.25, 0.3) is 0 Å². The number of phenols is 2. The summed E-state index contributed by atoms with van der Waals surface area (Å²) in [6, 6.07) is 25.1. The van der Waals surface area contributed by atoms with E-state index in [1.165, 1.54) is 0 Å². The first kappa shape index (κ1) is 20.3. The molecule has 0 saturated carbocycles. The van der Waals surface area contributed by atoms with Crippen LogP contribution >= 0.6 is 15.9 Å². The minimum Gasteiger partial charge on any atom is -0.507 e. The summed E-state index contributed by atoms with van der Waals surface area (Å²) in [4.78, 5) is 4.89. The van der Waals surface area contributed by atoms with E-state index in [4.69, 9.17) is 9.72 Å². The van der Waals surface area contributed by atoms with Crippen molar-refractivity contribution in [3.05, 3.63) is 83.3 Å². The van der Waals surface area contributed by atoms with Crippen molar-refractivity contribution in [2.75, 3.05) is 6.61 Å². The Bertz CT molecular complexity index is 1480. The molecule has 0 amide bonds. The average molecular weight is 486 g/mol. The molecule has 0 bridgehead atoms. The molecule has 0 atom stereocenters. The van der Waals surface area contributed by atoms with Crippen LogP contribution in [0.15, 0.2) is 83.3 Å². The number of hydrogen-bond acceptors (Lipinski definition) is 4. The van der Waals surface area contributed by atoms with Crippen molar-refractivity contribution in [1.82, 2.24) is 4.98 Å². The standard InChI is InChI=1S/C27H20BrNO3/c1-2-32-25-14-17(13-21(28)27(25)31)20-15-23(19-9-5-6-10-24(19)30)29-22-12-11-16-7-3-4-8-18(16)26(20)22/h3-15,30-31H,2H2,1H3. The topological polar surface area (TPSA) is 62.6 Å². The summed E-state index contributed by atoms with van der Waals surface area (Å²) in [5, 5.41) is 24.1. The van der Waals surface area contributed by atoms with Crippen molar-refractivity contribution < 1.29 is 14.9 Å². The van der Waals surface area contributed by atoms with E-state index in [9.17, 15) is 10.2 Å². The molecule has 0 spiro atoms. The van der Waals surface area contributed by atoms with E-state index in [2.05, 4.69) is 34.1 Å². The van der Waals surface area contributed by atoms with E-state index in [-0.39, 0.29) is 11.5 Å². The predicted molar refractivity (Wildman–Crippen MR) is 132 cm³/mol. The molecule has 0 unspecified atom stereocenters. The fraction of sp³-hybridized carbons (Fsp3) is 0.0741. The van der Waals surface area contributed by atoms with Crippen LogP contribution in [0.4, 0.5) is 0 Å². The third-order valence-corrected chi connectivity index (χ3v) is 6.12. The van der Waals surface area contributed by atoms with Crippen LogP contribution in [-0.2, 0) is 0 Å². The molecule has 0 aliphatic heterocycles. The lowest BCUT2D eigenvalue weighted by Crippen LogP contribution is -1.95. The molecular weight excluding hydrogens is 466 g/mol. The minimum absolute atomic E-state index is 0.0692. The number of benzene rings is 4. The fourth-order valence-corrected chi connectivity index (χ4v) is 4.50. The normalized spacial score (nSPS) is 11.2. The number of para-hydroxylation sites is 1. The second-order valence-electron chi connectivity index (χ2n) is 7.49. The number of halogens is 1. The highest BCUT2D eigenvalue weighted by Crippen LogP contribution is 2.43. The number of ether oxygens (including phenoxy) is 1. The first-order valence-electron chi connectivity index (χ1n) is 10.3. The van der Waals surface area contributed by atoms with Gasteiger partial charge >= 0.3 is 0 Å². The number of fused-ring (bicyclic) bond motifs is 3. The third kappa shape index (κ3) is 3.45. The van der Waals surface area contributed by atoms with Crippen molar-refractivity contribution in [1.29, 1.82) is 0 Å². The fourth-order valence-electron chi connectivity index (χ4n) is 4.06. The van der Waals surface area contributed by atoms with Crippen LogP contribution in [0.1, 0.15) is 6.92 Å². The van der Waals surface area contributed by atoms with Crippen molar-refractivity contribution in [2.45, 2.75) is 6.92 Å². The lowest BCUT2D eigenvalue weighted by molar-refractivity contribution is 0.317. The maximum Gasteiger partial charge on any atom is 0.172 e. The second kappa shape index (κ2) is 8.17. The molecule has 158 valence electrons. The highest BCUT2D eigenvalue weighted by molar-refractivity contribution is 9.10. The molecule has 0 saturated heterocycles. The van der Waals surface area contributed by atoms with Gasteiger partial charge in [-0.3, -0.25) is 0 Å². The molecule has 1 aromatic heterocycles. The summed E-state index contributed by atoms with van der Waals surface area (Å²) in [5.41, 5.74) is 3.96. The number of hydrogen-bond donors (Lipinski definition) is 2. The maximum absolute atomic E-state index is 10.5. The molecule has 0 fully saturated rings. The summed E-state index contributed by atoms with van der Waals surface area (Å²) >= 11 is 3.47. The van der Waals surface area contributed by atoms with Crippen molar-refractivity contribution in [3.8, 4) is 39.6 Å². The van der Waals surface area contributed by atoms with Gasteiger partial charge in [-0.2, -0.15) is 0 Å². The largest absolute Gasteiger partial charge is 0.507 e. The van der Waals surface area contributed by atoms with E-state index in [1.807, 2.05) is 55.5 Å². The van der Waals surface area contributed by atoms with Crippen LogP contribution in [0, 0.1) is 0 Å². The summed E-state index contributed by atoms with van der Waals surface area (Å²) in [6.07, 6.45) is 0. The lowest BCUT2D eigenvalue weighted by Gasteiger charge is -2.15. The van der Waals surface area contributed by atoms with Gasteiger partial charge in [0.15, 0.2) is 11.5 Å². The number of rotatable bonds is 4. The molecule has 5 heteroatoms. The van der Waals surface area contributed by atoms with E-state index in [0.29, 0.717) is 28.1 Å². The molecule has 4 nitrogen and oxygen atoms in total. The van der Waals surface area contributed by atoms with Gasteiger partial charge in [-0.15, -0.1) is 0 Å². The zero-order valence-electron chi connectivity index (χ0n) is 17.3. The Labute approximate surface area is 193 Å². The first-order valence-corrected chi connectivity index (χ1v) is 11.1. The summed E-state index contributed by atoms with van der Waals surface area (Å²) in [5.74, 6) is 0.652. The van der Waals surface area contributed by atoms with Gasteiger partial charge in [-0.1, -0.05) is 42.5 Å². The second-order valence-corrected chi connectivity index (χ2v) is 8.35. The number of aromatic nitrogens is 1. The van der Waals surface area contributed by atoms with Crippen LogP contribution in [0.3, 0.4) is 0 Å². The van der Waals surface area contributed by atoms with Gasteiger partial charge in [0.05, 0.1) is 22.3 Å². The quantitative estimate of drug-likeness (QED) is 0.262. The zero-order valence-corrected chi connectivity index (χ0v) is 18.9. The van der Waals surface area contributed by atoms with Gasteiger partial charge in [-0.25, -0.2) is 4.98 Å². The number of phenolic OH excluding ortho intramolecular Hbond substituents is 2. The van der Waals surface area contributed by atoms with Gasteiger partial charge in [0.1, 0.15) is 5.75 Å². The summed E-state index contributed by atoms with van der Waals surface area (Å²) in [6.45, 7) is 2.32. The molecule has 4 aromatic carbocycles. The number of aromatic hydroxyl groups is 2. The third-order valence-electron chi connectivity index (χ3n) is 5.52. The Morgan fingerprint density at radius 1 is 0.875 bits per heavy atom. The Morgan fingerprint density at radius 2 is 1.66 bits per heavy atom. The molecule has 5 rings (SSSR count). The van der Waals surface area contributed by atoms with Crippen molar-refractivity contribution in [2.24, 2.45) is 0 Å². The zero-order chi connectivity index (χ0) is 22.2. The first-order chi connectivity index (χ1) is 15.6. The van der Waals surface area contributed by atoms with E-state index in [0.717, 1.165) is 32.8 Å². The molecule has 1 heterocycles. The Hall–Kier alpha value is -3.57. The number of pyridine rings is 1. The molecule has 0 aliphatic rings. The van der Waals surface area contributed by atoms with Crippen molar-refractivity contribution in [3.63, 3.8) is 0 Å². The average Bonchev–Trinajstić information content (AvgIpc) is 2.81. The molecule has 0 radical (unpaired) electrons. The number of nitrogens with zero attached hydrogens (tertiary/aromatic N) is 1. The molecule has 2 N–H and O–H groups in total.